The van der Waals surface area contributed by atoms with Crippen LogP contribution in [-0.2, 0) is 0 Å². The number of aromatic nitrogens is 4. The average Bonchev–Trinajstić information content (AvgIpc) is 2.68. The highest BCUT2D eigenvalue weighted by atomic mass is 16.1. The fourth-order valence-electron chi connectivity index (χ4n) is 0.992. The average molecular weight is 189 g/mol. The lowest BCUT2D eigenvalue weighted by atomic mass is 10.4. The Kier molecular flexibility index (Phi) is 1.94. The van der Waals surface area contributed by atoms with Crippen molar-refractivity contribution in [3.63, 3.8) is 0 Å². The van der Waals surface area contributed by atoms with E-state index in [1.165, 1.54) is 10.9 Å². The Morgan fingerprint density at radius 1 is 1.50 bits per heavy atom. The van der Waals surface area contributed by atoms with E-state index in [0.717, 1.165) is 5.69 Å². The van der Waals surface area contributed by atoms with Crippen LogP contribution in [-0.4, -0.2) is 25.9 Å². The van der Waals surface area contributed by atoms with Crippen LogP contribution in [0.3, 0.4) is 0 Å². The van der Waals surface area contributed by atoms with E-state index in [1.807, 2.05) is 0 Å². The quantitative estimate of drug-likeness (QED) is 0.706. The minimum Gasteiger partial charge on any atom is -0.364 e. The first-order valence-corrected chi connectivity index (χ1v) is 3.90. The summed E-state index contributed by atoms with van der Waals surface area (Å²) in [4.78, 5) is 14.6. The van der Waals surface area contributed by atoms with Crippen molar-refractivity contribution in [2.75, 3.05) is 0 Å². The van der Waals surface area contributed by atoms with E-state index in [0.29, 0.717) is 0 Å². The molecule has 2 rings (SSSR count). The van der Waals surface area contributed by atoms with Crippen molar-refractivity contribution in [2.24, 2.45) is 5.73 Å². The first-order valence-electron chi connectivity index (χ1n) is 3.90. The maximum Gasteiger partial charge on any atom is 0.270 e. The number of nitrogens with zero attached hydrogens (tertiary/aromatic N) is 4. The second-order valence-corrected chi connectivity index (χ2v) is 2.62. The molecule has 0 fully saturated rings. The van der Waals surface area contributed by atoms with E-state index in [2.05, 4.69) is 15.3 Å². The van der Waals surface area contributed by atoms with Gasteiger partial charge in [0.2, 0.25) is 0 Å². The molecule has 0 aliphatic heterocycles. The van der Waals surface area contributed by atoms with Gasteiger partial charge in [-0.15, -0.1) is 5.10 Å². The highest BCUT2D eigenvalue weighted by Crippen LogP contribution is 2.03. The molecular weight excluding hydrogens is 182 g/mol. The van der Waals surface area contributed by atoms with E-state index in [9.17, 15) is 4.79 Å². The molecule has 0 spiro atoms. The van der Waals surface area contributed by atoms with Crippen LogP contribution in [0.25, 0.3) is 5.69 Å². The number of amides is 1. The zero-order chi connectivity index (χ0) is 9.97. The van der Waals surface area contributed by atoms with Crippen molar-refractivity contribution >= 4 is 5.91 Å². The minimum atomic E-state index is -0.597. The molecule has 2 N–H and O–H groups in total. The first kappa shape index (κ1) is 8.36. The van der Waals surface area contributed by atoms with Gasteiger partial charge >= 0.3 is 0 Å². The van der Waals surface area contributed by atoms with Crippen LogP contribution in [0.4, 0.5) is 0 Å². The van der Waals surface area contributed by atoms with Crippen molar-refractivity contribution in [3.05, 3.63) is 36.4 Å². The number of rotatable bonds is 2. The molecule has 0 aromatic carbocycles. The maximum absolute atomic E-state index is 10.7. The zero-order valence-electron chi connectivity index (χ0n) is 7.16. The smallest absolute Gasteiger partial charge is 0.270 e. The van der Waals surface area contributed by atoms with E-state index >= 15 is 0 Å². The summed E-state index contributed by atoms with van der Waals surface area (Å²) < 4.78 is 1.44. The predicted molar refractivity (Wildman–Crippen MR) is 47.7 cm³/mol. The lowest BCUT2D eigenvalue weighted by Gasteiger charge is -1.95. The molecular formula is C8H7N5O. The Morgan fingerprint density at radius 2 is 2.36 bits per heavy atom. The summed E-state index contributed by atoms with van der Waals surface area (Å²) >= 11 is 0. The first-order chi connectivity index (χ1) is 6.77. The zero-order valence-corrected chi connectivity index (χ0v) is 7.16. The van der Waals surface area contributed by atoms with Crippen LogP contribution in [0, 0.1) is 0 Å². The van der Waals surface area contributed by atoms with E-state index in [-0.39, 0.29) is 5.69 Å². The molecule has 2 aromatic heterocycles. The Morgan fingerprint density at radius 3 is 2.93 bits per heavy atom. The van der Waals surface area contributed by atoms with Gasteiger partial charge < -0.3 is 5.73 Å². The molecule has 0 aliphatic carbocycles. The number of carbonyl (C=O) groups is 1. The predicted octanol–water partition coefficient (Wildman–Crippen LogP) is -0.239. The highest BCUT2D eigenvalue weighted by molar-refractivity contribution is 5.90. The molecule has 6 nitrogen and oxygen atoms in total. The number of carbonyl (C=O) groups excluding carboxylic acids is 1. The van der Waals surface area contributed by atoms with Crippen LogP contribution < -0.4 is 5.73 Å². The van der Waals surface area contributed by atoms with Gasteiger partial charge in [0.05, 0.1) is 18.1 Å². The van der Waals surface area contributed by atoms with Crippen LogP contribution in [0.15, 0.2) is 30.7 Å². The molecule has 0 unspecified atom stereocenters. The summed E-state index contributed by atoms with van der Waals surface area (Å²) in [6.45, 7) is 0. The largest absolute Gasteiger partial charge is 0.364 e. The summed E-state index contributed by atoms with van der Waals surface area (Å²) in [6, 6.07) is 3.56. The summed E-state index contributed by atoms with van der Waals surface area (Å²) in [5, 5.41) is 7.34. The summed E-state index contributed by atoms with van der Waals surface area (Å²) in [7, 11) is 0. The van der Waals surface area contributed by atoms with Gasteiger partial charge in [-0.1, -0.05) is 5.21 Å². The molecule has 0 bridgehead atoms. The fourth-order valence-corrected chi connectivity index (χ4v) is 0.992. The van der Waals surface area contributed by atoms with Crippen molar-refractivity contribution in [2.45, 2.75) is 0 Å². The van der Waals surface area contributed by atoms with Crippen molar-refractivity contribution in [1.29, 1.82) is 0 Å². The van der Waals surface area contributed by atoms with Gasteiger partial charge in [-0.3, -0.25) is 9.78 Å². The van der Waals surface area contributed by atoms with Crippen molar-refractivity contribution in [3.8, 4) is 5.69 Å². The topological polar surface area (TPSA) is 86.7 Å². The Labute approximate surface area is 79.4 Å². The van der Waals surface area contributed by atoms with Crippen LogP contribution in [0.1, 0.15) is 10.5 Å². The van der Waals surface area contributed by atoms with Crippen LogP contribution >= 0.6 is 0 Å². The molecule has 6 heteroatoms. The Bertz CT molecular complexity index is 450. The van der Waals surface area contributed by atoms with Crippen molar-refractivity contribution in [1.82, 2.24) is 20.0 Å². The number of pyridine rings is 1. The number of primary amides is 1. The standard InChI is InChI=1S/C8H7N5O/c9-8(14)7-5-13(12-11-7)6-2-1-3-10-4-6/h1-5H,(H2,9,14). The minimum absolute atomic E-state index is 0.133. The number of hydrogen-bond donors (Lipinski definition) is 1. The highest BCUT2D eigenvalue weighted by Gasteiger charge is 2.06. The Balaban J connectivity index is 2.39. The third-order valence-corrected chi connectivity index (χ3v) is 1.66. The van der Waals surface area contributed by atoms with E-state index in [1.54, 1.807) is 24.5 Å². The Hall–Kier alpha value is -2.24. The van der Waals surface area contributed by atoms with E-state index < -0.39 is 5.91 Å². The molecule has 0 aliphatic rings. The molecule has 0 saturated heterocycles. The van der Waals surface area contributed by atoms with E-state index in [4.69, 9.17) is 5.73 Å². The van der Waals surface area contributed by atoms with Gasteiger partial charge in [-0.05, 0) is 12.1 Å². The molecule has 14 heavy (non-hydrogen) atoms. The number of nitrogens with two attached hydrogens (primary N) is 1. The fraction of sp³-hybridized carbons (Fsp3) is 0. The third kappa shape index (κ3) is 1.45. The normalized spacial score (nSPS) is 10.0. The van der Waals surface area contributed by atoms with Crippen LogP contribution in [0.5, 0.6) is 0 Å². The number of hydrogen-bond acceptors (Lipinski definition) is 4. The summed E-state index contributed by atoms with van der Waals surface area (Å²) in [5.74, 6) is -0.597. The second kappa shape index (κ2) is 3.25. The molecule has 70 valence electrons. The van der Waals surface area contributed by atoms with Gasteiger partial charge in [0.1, 0.15) is 0 Å². The summed E-state index contributed by atoms with van der Waals surface area (Å²) in [6.07, 6.45) is 4.72. The SMILES string of the molecule is NC(=O)c1cn(-c2cccnc2)nn1. The molecule has 1 amide bonds. The van der Waals surface area contributed by atoms with Gasteiger partial charge in [0.25, 0.3) is 5.91 Å². The van der Waals surface area contributed by atoms with Crippen molar-refractivity contribution < 1.29 is 4.79 Å². The van der Waals surface area contributed by atoms with Gasteiger partial charge in [-0.25, -0.2) is 4.68 Å². The van der Waals surface area contributed by atoms with Crippen LogP contribution in [0.2, 0.25) is 0 Å². The lowest BCUT2D eigenvalue weighted by molar-refractivity contribution is 0.0995. The molecule has 2 heterocycles. The van der Waals surface area contributed by atoms with Gasteiger partial charge in [-0.2, -0.15) is 0 Å². The third-order valence-electron chi connectivity index (χ3n) is 1.66. The molecule has 2 aromatic rings. The lowest BCUT2D eigenvalue weighted by Crippen LogP contribution is -2.11. The molecule has 0 atom stereocenters. The van der Waals surface area contributed by atoms with Gasteiger partial charge in [0, 0.05) is 6.20 Å². The molecule has 0 saturated carbocycles. The maximum atomic E-state index is 10.7. The molecule has 0 radical (unpaired) electrons. The monoisotopic (exact) mass is 189 g/mol. The summed E-state index contributed by atoms with van der Waals surface area (Å²) in [5.41, 5.74) is 5.90. The van der Waals surface area contributed by atoms with Gasteiger partial charge in [0.15, 0.2) is 5.69 Å². The second-order valence-electron chi connectivity index (χ2n) is 2.62.